The summed E-state index contributed by atoms with van der Waals surface area (Å²) in [6, 6.07) is 14.4. The normalized spacial score (nSPS) is 17.0. The Labute approximate surface area is 159 Å². The molecule has 0 aliphatic carbocycles. The van der Waals surface area contributed by atoms with Crippen LogP contribution in [0.25, 0.3) is 0 Å². The summed E-state index contributed by atoms with van der Waals surface area (Å²) in [4.78, 5) is 29.0. The van der Waals surface area contributed by atoms with Gasteiger partial charge in [-0.25, -0.2) is 0 Å². The number of methoxy groups -OCH3 is 2. The van der Waals surface area contributed by atoms with Crippen LogP contribution in [0.4, 0.5) is 5.69 Å². The Balaban J connectivity index is 1.76. The number of hydrogen-bond donors (Lipinski definition) is 0. The highest BCUT2D eigenvalue weighted by Gasteiger charge is 2.35. The van der Waals surface area contributed by atoms with Crippen LogP contribution < -0.4 is 14.4 Å². The van der Waals surface area contributed by atoms with E-state index in [-0.39, 0.29) is 11.8 Å². The molecule has 2 amide bonds. The fraction of sp³-hybridized carbons (Fsp3) is 0.333. The smallest absolute Gasteiger partial charge is 0.249 e. The lowest BCUT2D eigenvalue weighted by atomic mass is 10.1. The lowest BCUT2D eigenvalue weighted by Crippen LogP contribution is -2.58. The van der Waals surface area contributed by atoms with Gasteiger partial charge in [0.25, 0.3) is 0 Å². The molecule has 0 bridgehead atoms. The largest absolute Gasteiger partial charge is 0.497 e. The van der Waals surface area contributed by atoms with Gasteiger partial charge < -0.3 is 19.3 Å². The van der Waals surface area contributed by atoms with Crippen LogP contribution in [-0.2, 0) is 16.0 Å². The Bertz CT molecular complexity index is 822. The first-order chi connectivity index (χ1) is 13.0. The van der Waals surface area contributed by atoms with E-state index in [9.17, 15) is 9.59 Å². The number of piperazine rings is 1. The van der Waals surface area contributed by atoms with E-state index in [0.717, 1.165) is 5.56 Å². The van der Waals surface area contributed by atoms with Crippen molar-refractivity contribution in [3.8, 4) is 11.5 Å². The van der Waals surface area contributed by atoms with E-state index in [2.05, 4.69) is 0 Å². The second-order valence-corrected chi connectivity index (χ2v) is 6.45. The van der Waals surface area contributed by atoms with Gasteiger partial charge in [-0.2, -0.15) is 0 Å². The van der Waals surface area contributed by atoms with Crippen LogP contribution in [0.3, 0.4) is 0 Å². The molecular weight excluding hydrogens is 344 g/mol. The molecule has 0 unspecified atom stereocenters. The van der Waals surface area contributed by atoms with Crippen molar-refractivity contribution in [2.24, 2.45) is 0 Å². The summed E-state index contributed by atoms with van der Waals surface area (Å²) in [5.41, 5.74) is 1.63. The SMILES string of the molecule is COc1ccc(N2CCN(C(=O)Cc3ccccc3)[C@@H](C)C2=O)c(OC)c1. The van der Waals surface area contributed by atoms with Gasteiger partial charge in [0.2, 0.25) is 11.8 Å². The maximum absolute atomic E-state index is 13.0. The van der Waals surface area contributed by atoms with E-state index in [0.29, 0.717) is 36.7 Å². The second kappa shape index (κ2) is 8.12. The molecule has 6 heteroatoms. The van der Waals surface area contributed by atoms with E-state index in [1.54, 1.807) is 43.1 Å². The molecule has 2 aromatic carbocycles. The maximum atomic E-state index is 13.0. The molecule has 1 atom stereocenters. The summed E-state index contributed by atoms with van der Waals surface area (Å²) in [7, 11) is 3.14. The zero-order valence-corrected chi connectivity index (χ0v) is 15.8. The summed E-state index contributed by atoms with van der Waals surface area (Å²) < 4.78 is 10.6. The first kappa shape index (κ1) is 18.8. The molecule has 1 fully saturated rings. The molecule has 1 heterocycles. The summed E-state index contributed by atoms with van der Waals surface area (Å²) >= 11 is 0. The Morgan fingerprint density at radius 2 is 1.81 bits per heavy atom. The van der Waals surface area contributed by atoms with E-state index in [4.69, 9.17) is 9.47 Å². The number of rotatable bonds is 5. The van der Waals surface area contributed by atoms with E-state index >= 15 is 0 Å². The quantitative estimate of drug-likeness (QED) is 0.814. The Hall–Kier alpha value is -3.02. The van der Waals surface area contributed by atoms with Crippen LogP contribution in [0.1, 0.15) is 12.5 Å². The Morgan fingerprint density at radius 3 is 2.48 bits per heavy atom. The number of anilines is 1. The number of amides is 2. The molecule has 0 saturated carbocycles. The average Bonchev–Trinajstić information content (AvgIpc) is 2.70. The fourth-order valence-corrected chi connectivity index (χ4v) is 3.33. The summed E-state index contributed by atoms with van der Waals surface area (Å²) in [6.45, 7) is 2.67. The molecule has 0 radical (unpaired) electrons. The Kier molecular flexibility index (Phi) is 5.64. The number of carbonyl (C=O) groups is 2. The molecule has 3 rings (SSSR count). The third-order valence-electron chi connectivity index (χ3n) is 4.85. The molecular formula is C21H24N2O4. The van der Waals surface area contributed by atoms with Crippen molar-refractivity contribution in [2.75, 3.05) is 32.2 Å². The van der Waals surface area contributed by atoms with Crippen LogP contribution in [0.15, 0.2) is 48.5 Å². The molecule has 1 aliphatic heterocycles. The van der Waals surface area contributed by atoms with E-state index < -0.39 is 6.04 Å². The van der Waals surface area contributed by atoms with Gasteiger partial charge in [0.1, 0.15) is 17.5 Å². The van der Waals surface area contributed by atoms with Gasteiger partial charge in [-0.05, 0) is 24.6 Å². The van der Waals surface area contributed by atoms with Crippen molar-refractivity contribution in [3.05, 3.63) is 54.1 Å². The maximum Gasteiger partial charge on any atom is 0.249 e. The van der Waals surface area contributed by atoms with Gasteiger partial charge in [-0.15, -0.1) is 0 Å². The van der Waals surface area contributed by atoms with E-state index in [1.807, 2.05) is 36.4 Å². The van der Waals surface area contributed by atoms with Crippen LogP contribution in [0.5, 0.6) is 11.5 Å². The minimum atomic E-state index is -0.526. The van der Waals surface area contributed by atoms with Gasteiger partial charge in [0.15, 0.2) is 0 Å². The molecule has 1 aliphatic rings. The molecule has 6 nitrogen and oxygen atoms in total. The van der Waals surface area contributed by atoms with Gasteiger partial charge in [0.05, 0.1) is 26.3 Å². The van der Waals surface area contributed by atoms with Crippen LogP contribution >= 0.6 is 0 Å². The molecule has 0 spiro atoms. The van der Waals surface area contributed by atoms with Crippen LogP contribution in [0, 0.1) is 0 Å². The highest BCUT2D eigenvalue weighted by molar-refractivity contribution is 6.01. The number of benzene rings is 2. The first-order valence-electron chi connectivity index (χ1n) is 8.92. The van der Waals surface area contributed by atoms with E-state index in [1.165, 1.54) is 0 Å². The summed E-state index contributed by atoms with van der Waals surface area (Å²) in [5, 5.41) is 0. The molecule has 0 aromatic heterocycles. The number of hydrogen-bond acceptors (Lipinski definition) is 4. The third kappa shape index (κ3) is 3.89. The summed E-state index contributed by atoms with van der Waals surface area (Å²) in [6.07, 6.45) is 0.296. The lowest BCUT2D eigenvalue weighted by molar-refractivity contribution is -0.140. The van der Waals surface area contributed by atoms with Gasteiger partial charge in [-0.1, -0.05) is 30.3 Å². The minimum absolute atomic E-state index is 0.0385. The monoisotopic (exact) mass is 368 g/mol. The fourth-order valence-electron chi connectivity index (χ4n) is 3.33. The van der Waals surface area contributed by atoms with Gasteiger partial charge >= 0.3 is 0 Å². The standard InChI is InChI=1S/C21H24N2O4/c1-15-21(25)23(18-10-9-17(26-2)14-19(18)27-3)12-11-22(15)20(24)13-16-7-5-4-6-8-16/h4-10,14-15H,11-13H2,1-3H3/t15-/m0/s1. The highest BCUT2D eigenvalue weighted by atomic mass is 16.5. The second-order valence-electron chi connectivity index (χ2n) is 6.45. The minimum Gasteiger partial charge on any atom is -0.497 e. The zero-order chi connectivity index (χ0) is 19.4. The predicted octanol–water partition coefficient (Wildman–Crippen LogP) is 2.51. The van der Waals surface area contributed by atoms with Crippen molar-refractivity contribution >= 4 is 17.5 Å². The molecule has 142 valence electrons. The molecule has 0 N–H and O–H groups in total. The summed E-state index contributed by atoms with van der Waals surface area (Å²) in [5.74, 6) is 1.07. The first-order valence-corrected chi connectivity index (χ1v) is 8.92. The third-order valence-corrected chi connectivity index (χ3v) is 4.85. The number of nitrogens with zero attached hydrogens (tertiary/aromatic N) is 2. The van der Waals surface area contributed by atoms with Crippen molar-refractivity contribution in [2.45, 2.75) is 19.4 Å². The lowest BCUT2D eigenvalue weighted by Gasteiger charge is -2.39. The van der Waals surface area contributed by atoms with Crippen molar-refractivity contribution in [1.82, 2.24) is 4.90 Å². The molecule has 27 heavy (non-hydrogen) atoms. The highest BCUT2D eigenvalue weighted by Crippen LogP contribution is 2.34. The van der Waals surface area contributed by atoms with Crippen molar-refractivity contribution < 1.29 is 19.1 Å². The number of carbonyl (C=O) groups excluding carboxylic acids is 2. The average molecular weight is 368 g/mol. The van der Waals surface area contributed by atoms with Crippen LogP contribution in [-0.4, -0.2) is 50.1 Å². The van der Waals surface area contributed by atoms with Gasteiger partial charge in [-0.3, -0.25) is 9.59 Å². The van der Waals surface area contributed by atoms with Crippen molar-refractivity contribution in [1.29, 1.82) is 0 Å². The van der Waals surface area contributed by atoms with Crippen LogP contribution in [0.2, 0.25) is 0 Å². The number of ether oxygens (including phenoxy) is 2. The topological polar surface area (TPSA) is 59.1 Å². The molecule has 2 aromatic rings. The van der Waals surface area contributed by atoms with Gasteiger partial charge in [0, 0.05) is 19.2 Å². The Morgan fingerprint density at radius 1 is 1.07 bits per heavy atom. The zero-order valence-electron chi connectivity index (χ0n) is 15.8. The molecule has 1 saturated heterocycles. The predicted molar refractivity (Wildman–Crippen MR) is 103 cm³/mol. The van der Waals surface area contributed by atoms with Crippen molar-refractivity contribution in [3.63, 3.8) is 0 Å².